The minimum Gasteiger partial charge on any atom is -0.483 e. The number of rotatable bonds is 3. The zero-order valence-electron chi connectivity index (χ0n) is 9.86. The fourth-order valence-corrected chi connectivity index (χ4v) is 2.34. The SMILES string of the molecule is Clc1cccc(Cl)c1OCc1nc2ccccc2[nH]1. The van der Waals surface area contributed by atoms with Crippen LogP contribution in [0.4, 0.5) is 0 Å². The maximum atomic E-state index is 6.03. The standard InChI is InChI=1S/C14H10Cl2N2O/c15-9-4-3-5-10(16)14(9)19-8-13-17-11-6-1-2-7-12(11)18-13/h1-7H,8H2,(H,17,18). The summed E-state index contributed by atoms with van der Waals surface area (Å²) in [5, 5.41) is 0.979. The number of halogens is 2. The molecule has 3 aromatic rings. The second-order valence-corrected chi connectivity index (χ2v) is 4.85. The van der Waals surface area contributed by atoms with Crippen LogP contribution in [0.25, 0.3) is 11.0 Å². The lowest BCUT2D eigenvalue weighted by Gasteiger charge is -2.07. The molecule has 0 radical (unpaired) electrons. The van der Waals surface area contributed by atoms with E-state index in [4.69, 9.17) is 27.9 Å². The van der Waals surface area contributed by atoms with E-state index in [-0.39, 0.29) is 6.61 Å². The highest BCUT2D eigenvalue weighted by molar-refractivity contribution is 6.37. The molecule has 19 heavy (non-hydrogen) atoms. The van der Waals surface area contributed by atoms with Crippen molar-refractivity contribution in [2.24, 2.45) is 0 Å². The van der Waals surface area contributed by atoms with Crippen LogP contribution in [-0.4, -0.2) is 9.97 Å². The molecule has 0 aliphatic carbocycles. The molecule has 1 N–H and O–H groups in total. The van der Waals surface area contributed by atoms with Crippen LogP contribution in [0.2, 0.25) is 10.0 Å². The Morgan fingerprint density at radius 2 is 1.74 bits per heavy atom. The Morgan fingerprint density at radius 1 is 1.00 bits per heavy atom. The molecule has 0 aliphatic rings. The number of ether oxygens (including phenoxy) is 1. The Labute approximate surface area is 120 Å². The molecule has 0 atom stereocenters. The average molecular weight is 293 g/mol. The van der Waals surface area contributed by atoms with Gasteiger partial charge in [0.2, 0.25) is 0 Å². The number of hydrogen-bond donors (Lipinski definition) is 1. The summed E-state index contributed by atoms with van der Waals surface area (Å²) < 4.78 is 5.63. The lowest BCUT2D eigenvalue weighted by molar-refractivity contribution is 0.298. The quantitative estimate of drug-likeness (QED) is 0.774. The zero-order chi connectivity index (χ0) is 13.2. The summed E-state index contributed by atoms with van der Waals surface area (Å²) in [4.78, 5) is 7.60. The lowest BCUT2D eigenvalue weighted by atomic mass is 10.3. The summed E-state index contributed by atoms with van der Waals surface area (Å²) in [5.74, 6) is 1.21. The molecular weight excluding hydrogens is 283 g/mol. The molecule has 0 spiro atoms. The molecule has 0 saturated heterocycles. The van der Waals surface area contributed by atoms with E-state index < -0.39 is 0 Å². The monoisotopic (exact) mass is 292 g/mol. The minimum atomic E-state index is 0.290. The highest BCUT2D eigenvalue weighted by Crippen LogP contribution is 2.32. The number of hydrogen-bond acceptors (Lipinski definition) is 2. The molecule has 0 bridgehead atoms. The van der Waals surface area contributed by atoms with Crippen molar-refractivity contribution in [2.75, 3.05) is 0 Å². The number of benzene rings is 2. The Bertz CT molecular complexity index is 671. The molecule has 1 aromatic heterocycles. The molecule has 2 aromatic carbocycles. The highest BCUT2D eigenvalue weighted by atomic mass is 35.5. The van der Waals surface area contributed by atoms with Crippen LogP contribution in [0.5, 0.6) is 5.75 Å². The molecule has 0 fully saturated rings. The number of nitrogens with one attached hydrogen (secondary N) is 1. The number of H-pyrrole nitrogens is 1. The van der Waals surface area contributed by atoms with Gasteiger partial charge in [-0.2, -0.15) is 0 Å². The van der Waals surface area contributed by atoms with Crippen LogP contribution in [0.15, 0.2) is 42.5 Å². The number of nitrogens with zero attached hydrogens (tertiary/aromatic N) is 1. The van der Waals surface area contributed by atoms with E-state index in [0.717, 1.165) is 16.9 Å². The van der Waals surface area contributed by atoms with Crippen molar-refractivity contribution in [2.45, 2.75) is 6.61 Å². The first kappa shape index (κ1) is 12.3. The molecule has 3 rings (SSSR count). The van der Waals surface area contributed by atoms with Crippen molar-refractivity contribution >= 4 is 34.2 Å². The zero-order valence-corrected chi connectivity index (χ0v) is 11.4. The maximum Gasteiger partial charge on any atom is 0.157 e. The Hall–Kier alpha value is -1.71. The smallest absolute Gasteiger partial charge is 0.157 e. The van der Waals surface area contributed by atoms with Gasteiger partial charge in [0, 0.05) is 0 Å². The van der Waals surface area contributed by atoms with Gasteiger partial charge >= 0.3 is 0 Å². The largest absolute Gasteiger partial charge is 0.483 e. The van der Waals surface area contributed by atoms with Gasteiger partial charge in [-0.05, 0) is 24.3 Å². The molecule has 1 heterocycles. The van der Waals surface area contributed by atoms with Gasteiger partial charge in [-0.25, -0.2) is 4.98 Å². The number of fused-ring (bicyclic) bond motifs is 1. The first-order valence-electron chi connectivity index (χ1n) is 5.74. The van der Waals surface area contributed by atoms with Crippen LogP contribution in [0.3, 0.4) is 0 Å². The van der Waals surface area contributed by atoms with E-state index in [0.29, 0.717) is 15.8 Å². The summed E-state index contributed by atoms with van der Waals surface area (Å²) in [7, 11) is 0. The second-order valence-electron chi connectivity index (χ2n) is 4.04. The van der Waals surface area contributed by atoms with E-state index >= 15 is 0 Å². The summed E-state index contributed by atoms with van der Waals surface area (Å²) >= 11 is 12.1. The molecule has 0 amide bonds. The van der Waals surface area contributed by atoms with Crippen LogP contribution in [-0.2, 0) is 6.61 Å². The first-order valence-corrected chi connectivity index (χ1v) is 6.50. The molecule has 0 saturated carbocycles. The molecule has 3 nitrogen and oxygen atoms in total. The van der Waals surface area contributed by atoms with Gasteiger partial charge in [0.15, 0.2) is 5.75 Å². The predicted octanol–water partition coefficient (Wildman–Crippen LogP) is 4.45. The molecule has 0 aliphatic heterocycles. The fraction of sp³-hybridized carbons (Fsp3) is 0.0714. The first-order chi connectivity index (χ1) is 9.24. The molecule has 5 heteroatoms. The number of aromatic amines is 1. The van der Waals surface area contributed by atoms with Crippen LogP contribution < -0.4 is 4.74 Å². The average Bonchev–Trinajstić information content (AvgIpc) is 2.81. The Kier molecular flexibility index (Phi) is 3.32. The molecule has 0 unspecified atom stereocenters. The second kappa shape index (κ2) is 5.11. The maximum absolute atomic E-state index is 6.03. The highest BCUT2D eigenvalue weighted by Gasteiger charge is 2.08. The van der Waals surface area contributed by atoms with E-state index in [1.807, 2.05) is 24.3 Å². The third kappa shape index (κ3) is 2.53. The van der Waals surface area contributed by atoms with E-state index in [1.165, 1.54) is 0 Å². The normalized spacial score (nSPS) is 10.8. The van der Waals surface area contributed by atoms with Gasteiger partial charge in [0.05, 0.1) is 21.1 Å². The third-order valence-corrected chi connectivity index (χ3v) is 3.31. The van der Waals surface area contributed by atoms with Crippen molar-refractivity contribution in [1.29, 1.82) is 0 Å². The summed E-state index contributed by atoms with van der Waals surface area (Å²) in [6.45, 7) is 0.290. The predicted molar refractivity (Wildman–Crippen MR) is 76.9 cm³/mol. The summed E-state index contributed by atoms with van der Waals surface area (Å²) in [6, 6.07) is 13.1. The van der Waals surface area contributed by atoms with Gasteiger partial charge in [0.1, 0.15) is 12.4 Å². The number of para-hydroxylation sites is 3. The summed E-state index contributed by atoms with van der Waals surface area (Å²) in [6.07, 6.45) is 0. The van der Waals surface area contributed by atoms with Crippen LogP contribution in [0, 0.1) is 0 Å². The Morgan fingerprint density at radius 3 is 2.47 bits per heavy atom. The molecule has 96 valence electrons. The van der Waals surface area contributed by atoms with Crippen molar-refractivity contribution in [3.63, 3.8) is 0 Å². The van der Waals surface area contributed by atoms with E-state index in [2.05, 4.69) is 9.97 Å². The number of aromatic nitrogens is 2. The minimum absolute atomic E-state index is 0.290. The topological polar surface area (TPSA) is 37.9 Å². The van der Waals surface area contributed by atoms with Crippen LogP contribution >= 0.6 is 23.2 Å². The Balaban J connectivity index is 1.82. The third-order valence-electron chi connectivity index (χ3n) is 2.71. The summed E-state index contributed by atoms with van der Waals surface area (Å²) in [5.41, 5.74) is 1.89. The number of imidazole rings is 1. The van der Waals surface area contributed by atoms with E-state index in [1.54, 1.807) is 18.2 Å². The van der Waals surface area contributed by atoms with Crippen molar-refractivity contribution in [3.8, 4) is 5.75 Å². The fourth-order valence-electron chi connectivity index (χ4n) is 1.83. The van der Waals surface area contributed by atoms with Crippen molar-refractivity contribution in [3.05, 3.63) is 58.3 Å². The van der Waals surface area contributed by atoms with Gasteiger partial charge in [-0.1, -0.05) is 41.4 Å². The van der Waals surface area contributed by atoms with E-state index in [9.17, 15) is 0 Å². The van der Waals surface area contributed by atoms with Gasteiger partial charge in [-0.3, -0.25) is 0 Å². The van der Waals surface area contributed by atoms with Gasteiger partial charge in [0.25, 0.3) is 0 Å². The lowest BCUT2D eigenvalue weighted by Crippen LogP contribution is -1.98. The van der Waals surface area contributed by atoms with Gasteiger partial charge < -0.3 is 9.72 Å². The molecular formula is C14H10Cl2N2O. The van der Waals surface area contributed by atoms with Crippen molar-refractivity contribution < 1.29 is 4.74 Å². The van der Waals surface area contributed by atoms with Crippen LogP contribution in [0.1, 0.15) is 5.82 Å². The van der Waals surface area contributed by atoms with Gasteiger partial charge in [-0.15, -0.1) is 0 Å². The van der Waals surface area contributed by atoms with Crippen molar-refractivity contribution in [1.82, 2.24) is 9.97 Å².